The molecule has 1 aliphatic rings. The van der Waals surface area contributed by atoms with E-state index in [1.165, 1.54) is 0 Å². The lowest BCUT2D eigenvalue weighted by atomic mass is 9.89. The van der Waals surface area contributed by atoms with Gasteiger partial charge in [0.2, 0.25) is 0 Å². The maximum Gasteiger partial charge on any atom is 0.0479 e. The van der Waals surface area contributed by atoms with E-state index in [0.29, 0.717) is 17.7 Å². The second-order valence-electron chi connectivity index (χ2n) is 4.68. The fourth-order valence-electron chi connectivity index (χ4n) is 2.01. The van der Waals surface area contributed by atoms with Gasteiger partial charge in [0.1, 0.15) is 0 Å². The number of allylic oxidation sites excluding steroid dienone is 1. The molecule has 0 radical (unpaired) electrons. The summed E-state index contributed by atoms with van der Waals surface area (Å²) in [5, 5.41) is 0. The highest BCUT2D eigenvalue weighted by molar-refractivity contribution is 6.01. The third-order valence-electron chi connectivity index (χ3n) is 3.23. The van der Waals surface area contributed by atoms with Gasteiger partial charge in [-0.15, -0.1) is 0 Å². The molecule has 0 saturated heterocycles. The largest absolute Gasteiger partial charge is 0.261 e. The van der Waals surface area contributed by atoms with E-state index in [1.54, 1.807) is 6.20 Å². The van der Waals surface area contributed by atoms with Gasteiger partial charge in [0.15, 0.2) is 0 Å². The zero-order valence-electron chi connectivity index (χ0n) is 14.2. The Labute approximate surface area is 115 Å². The molecule has 96 valence electrons. The average molecular weight is 244 g/mol. The molecule has 2 rings (SSSR count). The normalized spacial score (nSPS) is 29.3. The fourth-order valence-corrected chi connectivity index (χ4v) is 2.01. The molecular formula is C17H23N. The second-order valence-corrected chi connectivity index (χ2v) is 4.68. The minimum Gasteiger partial charge on any atom is -0.261 e. The first-order valence-corrected chi connectivity index (χ1v) is 6.65. The predicted molar refractivity (Wildman–Crippen MR) is 79.0 cm³/mol. The Hall–Kier alpha value is -1.37. The van der Waals surface area contributed by atoms with Crippen molar-refractivity contribution in [1.29, 1.82) is 0 Å². The first-order valence-electron chi connectivity index (χ1n) is 8.31. The van der Waals surface area contributed by atoms with Gasteiger partial charge in [0.25, 0.3) is 0 Å². The molecule has 0 aromatic heterocycles. The van der Waals surface area contributed by atoms with Crippen molar-refractivity contribution in [1.82, 2.24) is 0 Å². The molecule has 1 nitrogen and oxygen atoms in total. The molecule has 18 heavy (non-hydrogen) atoms. The standard InChI is InChI=1S/C17H23N/c1-3-4-8-14(2)16-11-12-17(18-13-16)15-9-6-5-7-10-15/h5-7,9-10,13-14H,3-4,8,11-12H2,1-2H3/i11D,12D,14D. The summed E-state index contributed by atoms with van der Waals surface area (Å²) in [5.41, 5.74) is 2.19. The van der Waals surface area contributed by atoms with Crippen LogP contribution in [0.25, 0.3) is 0 Å². The van der Waals surface area contributed by atoms with Crippen molar-refractivity contribution in [3.63, 3.8) is 0 Å². The van der Waals surface area contributed by atoms with Crippen LogP contribution >= 0.6 is 0 Å². The van der Waals surface area contributed by atoms with E-state index in [-0.39, 0.29) is 0 Å². The summed E-state index contributed by atoms with van der Waals surface area (Å²) in [7, 11) is 0. The summed E-state index contributed by atoms with van der Waals surface area (Å²) in [4.78, 5) is 4.41. The van der Waals surface area contributed by atoms with Crippen LogP contribution in [0, 0.1) is 5.89 Å². The topological polar surface area (TPSA) is 12.4 Å². The fraction of sp³-hybridized carbons (Fsp3) is 0.471. The Bertz CT molecular complexity index is 534. The van der Waals surface area contributed by atoms with Gasteiger partial charge in [-0.1, -0.05) is 57.0 Å². The van der Waals surface area contributed by atoms with Crippen LogP contribution in [0.3, 0.4) is 0 Å². The summed E-state index contributed by atoms with van der Waals surface area (Å²) in [6.45, 7) is 3.94. The van der Waals surface area contributed by atoms with Crippen molar-refractivity contribution < 1.29 is 4.11 Å². The van der Waals surface area contributed by atoms with Gasteiger partial charge in [-0.3, -0.25) is 4.99 Å². The van der Waals surface area contributed by atoms with E-state index < -0.39 is 18.7 Å². The van der Waals surface area contributed by atoms with Crippen molar-refractivity contribution in [2.75, 3.05) is 0 Å². The Balaban J connectivity index is 2.30. The summed E-state index contributed by atoms with van der Waals surface area (Å²) in [5.74, 6) is -0.798. The summed E-state index contributed by atoms with van der Waals surface area (Å²) < 4.78 is 25.1. The van der Waals surface area contributed by atoms with Crippen LogP contribution in [-0.2, 0) is 0 Å². The molecule has 0 aliphatic carbocycles. The molecule has 1 aromatic rings. The average Bonchev–Trinajstić information content (AvgIpc) is 2.48. The summed E-state index contributed by atoms with van der Waals surface area (Å²) in [6, 6.07) is 9.60. The van der Waals surface area contributed by atoms with Gasteiger partial charge in [-0.25, -0.2) is 0 Å². The van der Waals surface area contributed by atoms with Gasteiger partial charge in [-0.05, 0) is 36.2 Å². The first-order chi connectivity index (χ1) is 9.97. The number of rotatable bonds is 5. The van der Waals surface area contributed by atoms with E-state index in [0.717, 1.165) is 18.4 Å². The second kappa shape index (κ2) is 6.53. The predicted octanol–water partition coefficient (Wildman–Crippen LogP) is 4.98. The molecule has 3 atom stereocenters. The molecule has 0 fully saturated rings. The molecular weight excluding hydrogens is 218 g/mol. The SMILES string of the molecule is [2H]C1C(C([2H])(C)CCCC)=CN=C(c2ccccc2)C1[2H]. The number of aliphatic imine (C=N–C) groups is 1. The van der Waals surface area contributed by atoms with Crippen molar-refractivity contribution in [2.24, 2.45) is 10.9 Å². The van der Waals surface area contributed by atoms with Gasteiger partial charge in [0.05, 0.1) is 0 Å². The highest BCUT2D eigenvalue weighted by Crippen LogP contribution is 2.26. The molecule has 0 N–H and O–H groups in total. The maximum atomic E-state index is 8.47. The minimum atomic E-state index is -0.798. The molecule has 0 saturated carbocycles. The Morgan fingerprint density at radius 1 is 1.33 bits per heavy atom. The van der Waals surface area contributed by atoms with Crippen molar-refractivity contribution in [2.45, 2.75) is 45.9 Å². The number of unbranched alkanes of at least 4 members (excludes halogenated alkanes) is 1. The lowest BCUT2D eigenvalue weighted by Crippen LogP contribution is -2.09. The van der Waals surface area contributed by atoms with Gasteiger partial charge < -0.3 is 0 Å². The van der Waals surface area contributed by atoms with Crippen LogP contribution in [0.15, 0.2) is 47.1 Å². The zero-order chi connectivity index (χ0) is 15.5. The quantitative estimate of drug-likeness (QED) is 0.692. The van der Waals surface area contributed by atoms with E-state index in [2.05, 4.69) is 11.9 Å². The van der Waals surface area contributed by atoms with E-state index in [4.69, 9.17) is 4.11 Å². The molecule has 1 aromatic carbocycles. The zero-order valence-corrected chi connectivity index (χ0v) is 11.2. The van der Waals surface area contributed by atoms with E-state index in [9.17, 15) is 0 Å². The third-order valence-corrected chi connectivity index (χ3v) is 3.23. The Morgan fingerprint density at radius 2 is 2.11 bits per heavy atom. The molecule has 0 spiro atoms. The lowest BCUT2D eigenvalue weighted by Gasteiger charge is -2.19. The van der Waals surface area contributed by atoms with Crippen molar-refractivity contribution in [3.05, 3.63) is 47.7 Å². The monoisotopic (exact) mass is 244 g/mol. The number of hydrogen-bond acceptors (Lipinski definition) is 1. The van der Waals surface area contributed by atoms with Crippen LogP contribution in [-0.4, -0.2) is 5.71 Å². The first kappa shape index (κ1) is 9.55. The molecule has 0 bridgehead atoms. The molecule has 1 aliphatic heterocycles. The molecule has 0 amide bonds. The van der Waals surface area contributed by atoms with Crippen LogP contribution in [0.4, 0.5) is 0 Å². The Morgan fingerprint density at radius 3 is 2.83 bits per heavy atom. The number of benzene rings is 1. The van der Waals surface area contributed by atoms with E-state index >= 15 is 0 Å². The molecule has 3 unspecified atom stereocenters. The highest BCUT2D eigenvalue weighted by atomic mass is 14.7. The van der Waals surface area contributed by atoms with Crippen LogP contribution in [0.1, 0.15) is 55.6 Å². The molecule has 1 heteroatoms. The maximum absolute atomic E-state index is 8.47. The lowest BCUT2D eigenvalue weighted by molar-refractivity contribution is 0.553. The molecule has 1 heterocycles. The van der Waals surface area contributed by atoms with Gasteiger partial charge in [-0.2, -0.15) is 0 Å². The van der Waals surface area contributed by atoms with Crippen LogP contribution in [0.5, 0.6) is 0 Å². The van der Waals surface area contributed by atoms with Crippen LogP contribution in [0.2, 0.25) is 0 Å². The summed E-state index contributed by atoms with van der Waals surface area (Å²) in [6.07, 6.45) is 2.94. The number of nitrogens with zero attached hydrogens (tertiary/aromatic N) is 1. The Kier molecular flexibility index (Phi) is 3.46. The number of hydrogen-bond donors (Lipinski definition) is 0. The van der Waals surface area contributed by atoms with Gasteiger partial charge >= 0.3 is 0 Å². The smallest absolute Gasteiger partial charge is 0.0479 e. The van der Waals surface area contributed by atoms with Gasteiger partial charge in [0, 0.05) is 16.0 Å². The third kappa shape index (κ3) is 3.32. The minimum absolute atomic E-state index is 0.630. The highest BCUT2D eigenvalue weighted by Gasteiger charge is 2.14. The summed E-state index contributed by atoms with van der Waals surface area (Å²) >= 11 is 0. The van der Waals surface area contributed by atoms with Crippen molar-refractivity contribution in [3.8, 4) is 0 Å². The van der Waals surface area contributed by atoms with Crippen molar-refractivity contribution >= 4 is 5.71 Å². The van der Waals surface area contributed by atoms with E-state index in [1.807, 2.05) is 37.3 Å². The van der Waals surface area contributed by atoms with Crippen LogP contribution < -0.4 is 0 Å².